The summed E-state index contributed by atoms with van der Waals surface area (Å²) in [7, 11) is 0. The van der Waals surface area contributed by atoms with E-state index in [2.05, 4.69) is 15.9 Å². The van der Waals surface area contributed by atoms with Crippen molar-refractivity contribution in [1.29, 1.82) is 0 Å². The van der Waals surface area contributed by atoms with Gasteiger partial charge in [-0.3, -0.25) is 4.79 Å². The third-order valence-corrected chi connectivity index (χ3v) is 3.48. The van der Waals surface area contributed by atoms with E-state index in [-0.39, 0.29) is 16.7 Å². The van der Waals surface area contributed by atoms with Crippen LogP contribution in [-0.2, 0) is 9.53 Å². The van der Waals surface area contributed by atoms with E-state index in [1.165, 1.54) is 0 Å². The van der Waals surface area contributed by atoms with Crippen LogP contribution < -0.4 is 4.90 Å². The normalized spacial score (nSPS) is 19.3. The minimum Gasteiger partial charge on any atom is -0.456 e. The molecule has 1 heterocycles. The van der Waals surface area contributed by atoms with Gasteiger partial charge in [-0.25, -0.2) is 4.79 Å². The number of rotatable bonds is 2. The van der Waals surface area contributed by atoms with Crippen LogP contribution in [0.3, 0.4) is 0 Å². The fraction of sp³-hybridized carbons (Fsp3) is 0.467. The van der Waals surface area contributed by atoms with E-state index >= 15 is 0 Å². The van der Waals surface area contributed by atoms with Gasteiger partial charge >= 0.3 is 5.97 Å². The lowest BCUT2D eigenvalue weighted by atomic mass is 10.1. The third kappa shape index (κ3) is 3.60. The van der Waals surface area contributed by atoms with Gasteiger partial charge in [-0.2, -0.15) is 0 Å². The van der Waals surface area contributed by atoms with Crippen molar-refractivity contribution in [2.75, 3.05) is 11.4 Å². The minimum atomic E-state index is -0.530. The first-order valence-corrected chi connectivity index (χ1v) is 7.46. The molecule has 20 heavy (non-hydrogen) atoms. The van der Waals surface area contributed by atoms with Gasteiger partial charge in [-0.15, -0.1) is 0 Å². The van der Waals surface area contributed by atoms with Crippen molar-refractivity contribution in [3.63, 3.8) is 0 Å². The molecule has 0 aliphatic carbocycles. The summed E-state index contributed by atoms with van der Waals surface area (Å²) in [4.78, 5) is 25.8. The first-order chi connectivity index (χ1) is 9.26. The number of hydrogen-bond donors (Lipinski definition) is 0. The Balaban J connectivity index is 2.20. The van der Waals surface area contributed by atoms with Crippen LogP contribution in [0.15, 0.2) is 24.3 Å². The van der Waals surface area contributed by atoms with Gasteiger partial charge in [0.1, 0.15) is 5.60 Å². The number of esters is 1. The van der Waals surface area contributed by atoms with Gasteiger partial charge in [0.05, 0.1) is 5.56 Å². The zero-order valence-electron chi connectivity index (χ0n) is 11.9. The molecule has 108 valence electrons. The Hall–Kier alpha value is -1.36. The zero-order chi connectivity index (χ0) is 14.9. The lowest BCUT2D eigenvalue weighted by Crippen LogP contribution is -2.26. The van der Waals surface area contributed by atoms with Gasteiger partial charge in [0.25, 0.3) is 0 Å². The number of carbonyl (C=O) groups excluding carboxylic acids is 2. The number of carbonyl (C=O) groups is 2. The number of halogens is 1. The molecule has 0 radical (unpaired) electrons. The first kappa shape index (κ1) is 15.0. The SMILES string of the molecule is CC(C)(C)OC(=O)c1cccc(N2CC(Br)CC2=O)c1. The van der Waals surface area contributed by atoms with E-state index in [4.69, 9.17) is 4.74 Å². The average Bonchev–Trinajstić information content (AvgIpc) is 2.66. The summed E-state index contributed by atoms with van der Waals surface area (Å²) < 4.78 is 5.34. The Morgan fingerprint density at radius 3 is 2.65 bits per heavy atom. The van der Waals surface area contributed by atoms with Crippen molar-refractivity contribution < 1.29 is 14.3 Å². The molecular formula is C15H18BrNO3. The maximum Gasteiger partial charge on any atom is 0.338 e. The van der Waals surface area contributed by atoms with Crippen LogP contribution >= 0.6 is 15.9 Å². The van der Waals surface area contributed by atoms with Crippen LogP contribution in [0.25, 0.3) is 0 Å². The van der Waals surface area contributed by atoms with Crippen molar-refractivity contribution in [3.05, 3.63) is 29.8 Å². The van der Waals surface area contributed by atoms with Crippen LogP contribution in [0.2, 0.25) is 0 Å². The van der Waals surface area contributed by atoms with E-state index in [1.807, 2.05) is 26.8 Å². The summed E-state index contributed by atoms with van der Waals surface area (Å²) in [6.07, 6.45) is 0.483. The van der Waals surface area contributed by atoms with Gasteiger partial charge in [0.15, 0.2) is 0 Å². The predicted octanol–water partition coefficient (Wildman–Crippen LogP) is 3.14. The quantitative estimate of drug-likeness (QED) is 0.614. The second-order valence-corrected chi connectivity index (χ2v) is 7.15. The molecule has 1 amide bonds. The summed E-state index contributed by atoms with van der Waals surface area (Å²) in [6, 6.07) is 7.00. The van der Waals surface area contributed by atoms with Gasteiger partial charge in [-0.1, -0.05) is 22.0 Å². The summed E-state index contributed by atoms with van der Waals surface area (Å²) in [5, 5.41) is 0. The van der Waals surface area contributed by atoms with Crippen LogP contribution in [-0.4, -0.2) is 28.8 Å². The van der Waals surface area contributed by atoms with Crippen molar-refractivity contribution in [2.24, 2.45) is 0 Å². The van der Waals surface area contributed by atoms with Crippen LogP contribution in [0, 0.1) is 0 Å². The number of hydrogen-bond acceptors (Lipinski definition) is 3. The summed E-state index contributed by atoms with van der Waals surface area (Å²) in [5.74, 6) is -0.311. The van der Waals surface area contributed by atoms with Crippen molar-refractivity contribution in [2.45, 2.75) is 37.6 Å². The first-order valence-electron chi connectivity index (χ1n) is 6.54. The molecule has 1 atom stereocenters. The molecule has 1 aliphatic heterocycles. The molecule has 1 aromatic carbocycles. The molecular weight excluding hydrogens is 322 g/mol. The topological polar surface area (TPSA) is 46.6 Å². The Morgan fingerprint density at radius 1 is 1.40 bits per heavy atom. The number of benzene rings is 1. The van der Waals surface area contributed by atoms with Crippen molar-refractivity contribution >= 4 is 33.5 Å². The number of nitrogens with zero attached hydrogens (tertiary/aromatic N) is 1. The van der Waals surface area contributed by atoms with Crippen molar-refractivity contribution in [1.82, 2.24) is 0 Å². The molecule has 1 aromatic rings. The fourth-order valence-electron chi connectivity index (χ4n) is 2.05. The van der Waals surface area contributed by atoms with Gasteiger partial charge in [0.2, 0.25) is 5.91 Å². The summed E-state index contributed by atoms with van der Waals surface area (Å²) in [6.45, 7) is 6.10. The molecule has 0 aromatic heterocycles. The highest BCUT2D eigenvalue weighted by Crippen LogP contribution is 2.26. The summed E-state index contributed by atoms with van der Waals surface area (Å²) in [5.41, 5.74) is 0.667. The van der Waals surface area contributed by atoms with Crippen LogP contribution in [0.1, 0.15) is 37.6 Å². The molecule has 0 spiro atoms. The lowest BCUT2D eigenvalue weighted by Gasteiger charge is -2.20. The maximum absolute atomic E-state index is 12.0. The third-order valence-electron chi connectivity index (χ3n) is 2.87. The molecule has 1 saturated heterocycles. The van der Waals surface area contributed by atoms with Gasteiger partial charge < -0.3 is 9.64 Å². The largest absolute Gasteiger partial charge is 0.456 e. The molecule has 0 N–H and O–H groups in total. The van der Waals surface area contributed by atoms with Crippen LogP contribution in [0.4, 0.5) is 5.69 Å². The average molecular weight is 340 g/mol. The molecule has 0 saturated carbocycles. The Kier molecular flexibility index (Phi) is 4.18. The number of ether oxygens (including phenoxy) is 1. The van der Waals surface area contributed by atoms with E-state index in [0.29, 0.717) is 18.5 Å². The number of anilines is 1. The molecule has 1 fully saturated rings. The van der Waals surface area contributed by atoms with Gasteiger partial charge in [-0.05, 0) is 39.0 Å². The molecule has 2 rings (SSSR count). The predicted molar refractivity (Wildman–Crippen MR) is 81.3 cm³/mol. The molecule has 0 bridgehead atoms. The maximum atomic E-state index is 12.0. The fourth-order valence-corrected chi connectivity index (χ4v) is 2.62. The van der Waals surface area contributed by atoms with Crippen LogP contribution in [0.5, 0.6) is 0 Å². The van der Waals surface area contributed by atoms with E-state index in [1.54, 1.807) is 23.1 Å². The molecule has 5 heteroatoms. The van der Waals surface area contributed by atoms with E-state index < -0.39 is 5.60 Å². The monoisotopic (exact) mass is 339 g/mol. The second kappa shape index (κ2) is 5.56. The highest BCUT2D eigenvalue weighted by molar-refractivity contribution is 9.09. The summed E-state index contributed by atoms with van der Waals surface area (Å²) >= 11 is 3.45. The molecule has 1 unspecified atom stereocenters. The zero-order valence-corrected chi connectivity index (χ0v) is 13.4. The van der Waals surface area contributed by atoms with Crippen molar-refractivity contribution in [3.8, 4) is 0 Å². The molecule has 4 nitrogen and oxygen atoms in total. The highest BCUT2D eigenvalue weighted by atomic mass is 79.9. The standard InChI is InChI=1S/C15H18BrNO3/c1-15(2,3)20-14(19)10-5-4-6-12(7-10)17-9-11(16)8-13(17)18/h4-7,11H,8-9H2,1-3H3. The second-order valence-electron chi connectivity index (χ2n) is 5.86. The molecule has 1 aliphatic rings. The number of amides is 1. The Morgan fingerprint density at radius 2 is 2.10 bits per heavy atom. The van der Waals surface area contributed by atoms with Gasteiger partial charge in [0, 0.05) is 23.5 Å². The lowest BCUT2D eigenvalue weighted by molar-refractivity contribution is -0.117. The Labute approximate surface area is 127 Å². The smallest absolute Gasteiger partial charge is 0.338 e. The van der Waals surface area contributed by atoms with E-state index in [9.17, 15) is 9.59 Å². The highest BCUT2D eigenvalue weighted by Gasteiger charge is 2.29. The number of alkyl halides is 1. The minimum absolute atomic E-state index is 0.0632. The Bertz CT molecular complexity index is 536. The van der Waals surface area contributed by atoms with E-state index in [0.717, 1.165) is 5.69 Å².